The molecule has 0 saturated heterocycles. The van der Waals surface area contributed by atoms with Crippen LogP contribution in [0.3, 0.4) is 0 Å². The predicted octanol–water partition coefficient (Wildman–Crippen LogP) is 3.88. The van der Waals surface area contributed by atoms with Crippen molar-refractivity contribution in [1.29, 1.82) is 0 Å². The Bertz CT molecular complexity index is 1110. The number of nitrogens with one attached hydrogen (secondary N) is 2. The summed E-state index contributed by atoms with van der Waals surface area (Å²) in [4.78, 5) is 12.3. The molecule has 1 amide bonds. The zero-order valence-corrected chi connectivity index (χ0v) is 17.7. The summed E-state index contributed by atoms with van der Waals surface area (Å²) in [7, 11) is -3.34. The van der Waals surface area contributed by atoms with Crippen LogP contribution < -0.4 is 14.8 Å². The summed E-state index contributed by atoms with van der Waals surface area (Å²) in [5.41, 5.74) is 4.12. The minimum Gasteiger partial charge on any atom is -0.489 e. The summed E-state index contributed by atoms with van der Waals surface area (Å²) >= 11 is 0. The standard InChI is InChI=1S/C23H24N2O4S/c1-17-4-3-5-19(14-17)16-29-22-12-6-18(7-13-22)15-24-23(26)20-8-10-21(11-9-20)25-30(2,27)28/h3-14,25H,15-16H2,1-2H3,(H,24,26). The molecule has 0 bridgehead atoms. The lowest BCUT2D eigenvalue weighted by atomic mass is 10.1. The van der Waals surface area contributed by atoms with Gasteiger partial charge >= 0.3 is 0 Å². The molecule has 0 saturated carbocycles. The Balaban J connectivity index is 1.50. The van der Waals surface area contributed by atoms with Crippen LogP contribution in [0.15, 0.2) is 72.8 Å². The predicted molar refractivity (Wildman–Crippen MR) is 118 cm³/mol. The lowest BCUT2D eigenvalue weighted by molar-refractivity contribution is 0.0951. The van der Waals surface area contributed by atoms with Crippen LogP contribution in [-0.2, 0) is 23.2 Å². The van der Waals surface area contributed by atoms with E-state index in [0.29, 0.717) is 24.4 Å². The third-order valence-corrected chi connectivity index (χ3v) is 4.92. The van der Waals surface area contributed by atoms with Gasteiger partial charge in [0.05, 0.1) is 6.26 Å². The molecule has 156 valence electrons. The molecule has 0 heterocycles. The SMILES string of the molecule is Cc1cccc(COc2ccc(CNC(=O)c3ccc(NS(C)(=O)=O)cc3)cc2)c1. The number of rotatable bonds is 8. The molecule has 2 N–H and O–H groups in total. The van der Waals surface area contributed by atoms with Gasteiger partial charge in [-0.2, -0.15) is 0 Å². The summed E-state index contributed by atoms with van der Waals surface area (Å²) < 4.78 is 30.6. The van der Waals surface area contributed by atoms with E-state index in [1.807, 2.05) is 49.4 Å². The Kier molecular flexibility index (Phi) is 6.74. The first-order chi connectivity index (χ1) is 14.3. The molecule has 3 aromatic carbocycles. The van der Waals surface area contributed by atoms with Gasteiger partial charge in [-0.25, -0.2) is 8.42 Å². The molecule has 0 aliphatic rings. The van der Waals surface area contributed by atoms with E-state index in [2.05, 4.69) is 16.1 Å². The van der Waals surface area contributed by atoms with Crippen molar-refractivity contribution >= 4 is 21.6 Å². The minimum atomic E-state index is -3.34. The smallest absolute Gasteiger partial charge is 0.251 e. The Labute approximate surface area is 177 Å². The molecule has 0 unspecified atom stereocenters. The summed E-state index contributed by atoms with van der Waals surface area (Å²) in [5, 5.41) is 2.85. The number of carbonyl (C=O) groups is 1. The van der Waals surface area contributed by atoms with Gasteiger partial charge in [0.1, 0.15) is 12.4 Å². The summed E-state index contributed by atoms with van der Waals surface area (Å²) in [6.45, 7) is 2.93. The van der Waals surface area contributed by atoms with Gasteiger partial charge in [-0.05, 0) is 54.4 Å². The molecule has 0 fully saturated rings. The van der Waals surface area contributed by atoms with Gasteiger partial charge < -0.3 is 10.1 Å². The second-order valence-corrected chi connectivity index (χ2v) is 8.80. The van der Waals surface area contributed by atoms with Crippen molar-refractivity contribution in [2.24, 2.45) is 0 Å². The third kappa shape index (κ3) is 6.63. The van der Waals surface area contributed by atoms with Crippen LogP contribution in [0.5, 0.6) is 5.75 Å². The summed E-state index contributed by atoms with van der Waals surface area (Å²) in [5.74, 6) is 0.529. The number of hydrogen-bond donors (Lipinski definition) is 2. The second kappa shape index (κ2) is 9.45. The number of carbonyl (C=O) groups excluding carboxylic acids is 1. The van der Waals surface area contributed by atoms with Gasteiger partial charge in [0.25, 0.3) is 5.91 Å². The maximum Gasteiger partial charge on any atom is 0.251 e. The van der Waals surface area contributed by atoms with Crippen LogP contribution in [0.2, 0.25) is 0 Å². The molecule has 0 aromatic heterocycles. The molecule has 7 heteroatoms. The van der Waals surface area contributed by atoms with Gasteiger partial charge in [-0.3, -0.25) is 9.52 Å². The van der Waals surface area contributed by atoms with Crippen LogP contribution in [0.25, 0.3) is 0 Å². The van der Waals surface area contributed by atoms with Crippen LogP contribution >= 0.6 is 0 Å². The molecule has 30 heavy (non-hydrogen) atoms. The number of hydrogen-bond acceptors (Lipinski definition) is 4. The highest BCUT2D eigenvalue weighted by atomic mass is 32.2. The van der Waals surface area contributed by atoms with Crippen LogP contribution in [0, 0.1) is 6.92 Å². The van der Waals surface area contributed by atoms with Crippen molar-refractivity contribution in [3.63, 3.8) is 0 Å². The van der Waals surface area contributed by atoms with Crippen molar-refractivity contribution in [3.05, 3.63) is 95.1 Å². The Hall–Kier alpha value is -3.32. The Morgan fingerprint density at radius 3 is 2.27 bits per heavy atom. The van der Waals surface area contributed by atoms with Crippen LogP contribution in [0.1, 0.15) is 27.0 Å². The monoisotopic (exact) mass is 424 g/mol. The Morgan fingerprint density at radius 1 is 0.933 bits per heavy atom. The first-order valence-corrected chi connectivity index (χ1v) is 11.3. The quantitative estimate of drug-likeness (QED) is 0.575. The first-order valence-electron chi connectivity index (χ1n) is 9.42. The van der Waals surface area contributed by atoms with E-state index < -0.39 is 10.0 Å². The average Bonchev–Trinajstić information content (AvgIpc) is 2.71. The lowest BCUT2D eigenvalue weighted by Gasteiger charge is -2.09. The topological polar surface area (TPSA) is 84.5 Å². The molecular weight excluding hydrogens is 400 g/mol. The fourth-order valence-electron chi connectivity index (χ4n) is 2.86. The van der Waals surface area contributed by atoms with Crippen molar-refractivity contribution in [2.75, 3.05) is 11.0 Å². The van der Waals surface area contributed by atoms with Crippen molar-refractivity contribution < 1.29 is 17.9 Å². The zero-order valence-electron chi connectivity index (χ0n) is 16.9. The first kappa shape index (κ1) is 21.4. The van der Waals surface area contributed by atoms with E-state index in [0.717, 1.165) is 23.1 Å². The average molecular weight is 425 g/mol. The maximum atomic E-state index is 12.3. The summed E-state index contributed by atoms with van der Waals surface area (Å²) in [6, 6.07) is 22.0. The number of benzene rings is 3. The van der Waals surface area contributed by atoms with Crippen molar-refractivity contribution in [2.45, 2.75) is 20.1 Å². The van der Waals surface area contributed by atoms with E-state index in [1.165, 1.54) is 5.56 Å². The third-order valence-electron chi connectivity index (χ3n) is 4.31. The lowest BCUT2D eigenvalue weighted by Crippen LogP contribution is -2.22. The van der Waals surface area contributed by atoms with E-state index >= 15 is 0 Å². The van der Waals surface area contributed by atoms with Gasteiger partial charge in [0.2, 0.25) is 10.0 Å². The molecule has 0 aliphatic heterocycles. The molecule has 6 nitrogen and oxygen atoms in total. The van der Waals surface area contributed by atoms with E-state index in [4.69, 9.17) is 4.74 Å². The van der Waals surface area contributed by atoms with Crippen molar-refractivity contribution in [1.82, 2.24) is 5.32 Å². The van der Waals surface area contributed by atoms with E-state index in [1.54, 1.807) is 24.3 Å². The highest BCUT2D eigenvalue weighted by Gasteiger charge is 2.07. The number of ether oxygens (including phenoxy) is 1. The molecular formula is C23H24N2O4S. The zero-order chi connectivity index (χ0) is 21.6. The largest absolute Gasteiger partial charge is 0.489 e. The molecule has 3 rings (SSSR count). The highest BCUT2D eigenvalue weighted by molar-refractivity contribution is 7.92. The Morgan fingerprint density at radius 2 is 1.63 bits per heavy atom. The van der Waals surface area contributed by atoms with Gasteiger partial charge in [-0.15, -0.1) is 0 Å². The number of amides is 1. The van der Waals surface area contributed by atoms with E-state index in [9.17, 15) is 13.2 Å². The maximum absolute atomic E-state index is 12.3. The van der Waals surface area contributed by atoms with Crippen LogP contribution in [0.4, 0.5) is 5.69 Å². The number of aryl methyl sites for hydroxylation is 1. The van der Waals surface area contributed by atoms with Crippen molar-refractivity contribution in [3.8, 4) is 5.75 Å². The van der Waals surface area contributed by atoms with Crippen LogP contribution in [-0.4, -0.2) is 20.6 Å². The normalized spacial score (nSPS) is 11.0. The second-order valence-electron chi connectivity index (χ2n) is 7.06. The highest BCUT2D eigenvalue weighted by Crippen LogP contribution is 2.15. The number of anilines is 1. The fourth-order valence-corrected chi connectivity index (χ4v) is 3.42. The van der Waals surface area contributed by atoms with E-state index in [-0.39, 0.29) is 5.91 Å². The molecule has 0 spiro atoms. The summed E-state index contributed by atoms with van der Waals surface area (Å²) in [6.07, 6.45) is 1.08. The molecule has 3 aromatic rings. The van der Waals surface area contributed by atoms with Gasteiger partial charge in [0, 0.05) is 17.8 Å². The molecule has 0 radical (unpaired) electrons. The molecule has 0 atom stereocenters. The number of sulfonamides is 1. The fraction of sp³-hybridized carbons (Fsp3) is 0.174. The molecule has 0 aliphatic carbocycles. The minimum absolute atomic E-state index is 0.235. The van der Waals surface area contributed by atoms with Gasteiger partial charge in [-0.1, -0.05) is 42.0 Å². The van der Waals surface area contributed by atoms with Gasteiger partial charge in [0.15, 0.2) is 0 Å².